The molecule has 26 heavy (non-hydrogen) atoms. The minimum absolute atomic E-state index is 0.200. The minimum Gasteiger partial charge on any atom is -0.491 e. The van der Waals surface area contributed by atoms with Crippen LogP contribution in [-0.2, 0) is 13.0 Å². The Morgan fingerprint density at radius 2 is 1.88 bits per heavy atom. The molecule has 0 amide bonds. The number of thiazole rings is 1. The predicted octanol–water partition coefficient (Wildman–Crippen LogP) is 3.96. The second-order valence-electron chi connectivity index (χ2n) is 6.73. The Balaban J connectivity index is 1.74. The molecule has 0 aliphatic heterocycles. The number of hydrogen-bond donors (Lipinski definition) is 2. The van der Waals surface area contributed by atoms with E-state index in [0.29, 0.717) is 12.5 Å². The van der Waals surface area contributed by atoms with E-state index in [1.54, 1.807) is 18.4 Å². The molecule has 142 valence electrons. The monoisotopic (exact) mass is 374 g/mol. The highest BCUT2D eigenvalue weighted by Gasteiger charge is 2.06. The van der Waals surface area contributed by atoms with Crippen LogP contribution in [0, 0.1) is 0 Å². The summed E-state index contributed by atoms with van der Waals surface area (Å²) in [6.07, 6.45) is 1.13. The Hall–Kier alpha value is -2.08. The Bertz CT molecular complexity index is 692. The van der Waals surface area contributed by atoms with Crippen LogP contribution in [0.5, 0.6) is 5.75 Å². The van der Waals surface area contributed by atoms with E-state index in [4.69, 9.17) is 4.74 Å². The molecular formula is C20H30N4OS. The van der Waals surface area contributed by atoms with Gasteiger partial charge in [-0.25, -0.2) is 4.98 Å². The molecule has 2 rings (SSSR count). The van der Waals surface area contributed by atoms with Crippen LogP contribution >= 0.6 is 11.3 Å². The van der Waals surface area contributed by atoms with Gasteiger partial charge in [-0.05, 0) is 43.9 Å². The zero-order valence-corrected chi connectivity index (χ0v) is 17.2. The number of aliphatic imine (C=N–C) groups is 1. The van der Waals surface area contributed by atoms with E-state index >= 15 is 0 Å². The molecule has 0 atom stereocenters. The lowest BCUT2D eigenvalue weighted by Gasteiger charge is -2.12. The summed E-state index contributed by atoms with van der Waals surface area (Å²) in [5.41, 5.74) is 2.42. The first-order valence-electron chi connectivity index (χ1n) is 9.12. The first kappa shape index (κ1) is 20.2. The fourth-order valence-electron chi connectivity index (χ4n) is 2.38. The lowest BCUT2D eigenvalue weighted by atomic mass is 10.1. The average molecular weight is 375 g/mol. The molecule has 0 aliphatic rings. The number of nitrogens with zero attached hydrogens (tertiary/aromatic N) is 2. The number of rotatable bonds is 8. The van der Waals surface area contributed by atoms with Gasteiger partial charge in [0.2, 0.25) is 0 Å². The molecule has 2 aromatic rings. The van der Waals surface area contributed by atoms with Gasteiger partial charge in [0.25, 0.3) is 0 Å². The van der Waals surface area contributed by atoms with Crippen molar-refractivity contribution in [3.05, 3.63) is 45.9 Å². The van der Waals surface area contributed by atoms with Crippen LogP contribution in [-0.4, -0.2) is 30.6 Å². The van der Waals surface area contributed by atoms with Crippen molar-refractivity contribution in [1.29, 1.82) is 0 Å². The van der Waals surface area contributed by atoms with Gasteiger partial charge in [0.05, 0.1) is 18.3 Å². The molecule has 0 aliphatic carbocycles. The lowest BCUT2D eigenvalue weighted by molar-refractivity contribution is 0.242. The Labute approximate surface area is 160 Å². The summed E-state index contributed by atoms with van der Waals surface area (Å²) < 4.78 is 5.67. The third-order valence-electron chi connectivity index (χ3n) is 3.79. The minimum atomic E-state index is 0.200. The number of aromatic nitrogens is 1. The van der Waals surface area contributed by atoms with Crippen molar-refractivity contribution in [3.8, 4) is 5.75 Å². The molecule has 1 aromatic heterocycles. The molecule has 0 saturated heterocycles. The summed E-state index contributed by atoms with van der Waals surface area (Å²) in [7, 11) is 1.79. The van der Waals surface area contributed by atoms with Crippen molar-refractivity contribution in [2.24, 2.45) is 4.99 Å². The maximum absolute atomic E-state index is 5.67. The highest BCUT2D eigenvalue weighted by Crippen LogP contribution is 2.17. The molecule has 0 unspecified atom stereocenters. The van der Waals surface area contributed by atoms with Gasteiger partial charge < -0.3 is 15.4 Å². The quantitative estimate of drug-likeness (QED) is 0.542. The molecular weight excluding hydrogens is 344 g/mol. The molecule has 1 heterocycles. The number of ether oxygens (including phenoxy) is 1. The first-order chi connectivity index (χ1) is 12.5. The van der Waals surface area contributed by atoms with Gasteiger partial charge in [0.1, 0.15) is 10.8 Å². The predicted molar refractivity (Wildman–Crippen MR) is 110 cm³/mol. The first-order valence-corrected chi connectivity index (χ1v) is 10.00. The fourth-order valence-corrected chi connectivity index (χ4v) is 3.28. The SMILES string of the molecule is CN=C(NCCc1ccc(OC(C)C)cc1)NCc1nc(C(C)C)cs1. The normalized spacial score (nSPS) is 11.9. The average Bonchev–Trinajstić information content (AvgIpc) is 3.08. The molecule has 0 fully saturated rings. The van der Waals surface area contributed by atoms with Crippen molar-refractivity contribution in [2.45, 2.75) is 52.7 Å². The van der Waals surface area contributed by atoms with E-state index in [0.717, 1.165) is 35.4 Å². The second kappa shape index (κ2) is 10.2. The third kappa shape index (κ3) is 6.67. The van der Waals surface area contributed by atoms with Gasteiger partial charge in [-0.1, -0.05) is 26.0 Å². The molecule has 0 saturated carbocycles. The highest BCUT2D eigenvalue weighted by atomic mass is 32.1. The largest absolute Gasteiger partial charge is 0.491 e. The summed E-state index contributed by atoms with van der Waals surface area (Å²) in [5.74, 6) is 2.18. The Kier molecular flexibility index (Phi) is 7.91. The topological polar surface area (TPSA) is 58.5 Å². The van der Waals surface area contributed by atoms with Crippen LogP contribution in [0.3, 0.4) is 0 Å². The second-order valence-corrected chi connectivity index (χ2v) is 7.68. The smallest absolute Gasteiger partial charge is 0.191 e. The maximum Gasteiger partial charge on any atom is 0.191 e. The summed E-state index contributed by atoms with van der Waals surface area (Å²) in [6, 6.07) is 8.27. The van der Waals surface area contributed by atoms with E-state index in [1.807, 2.05) is 26.0 Å². The van der Waals surface area contributed by atoms with Crippen molar-refractivity contribution in [2.75, 3.05) is 13.6 Å². The molecule has 5 nitrogen and oxygen atoms in total. The van der Waals surface area contributed by atoms with Crippen LogP contribution in [0.1, 0.15) is 49.9 Å². The van der Waals surface area contributed by atoms with Crippen molar-refractivity contribution < 1.29 is 4.74 Å². The number of nitrogens with one attached hydrogen (secondary N) is 2. The standard InChI is InChI=1S/C20H30N4OS/c1-14(2)18-13-26-19(24-18)12-23-20(21-5)22-11-10-16-6-8-17(9-7-16)25-15(3)4/h6-9,13-15H,10-12H2,1-5H3,(H2,21,22,23). The Morgan fingerprint density at radius 3 is 2.46 bits per heavy atom. The van der Waals surface area contributed by atoms with Crippen molar-refractivity contribution in [1.82, 2.24) is 15.6 Å². The van der Waals surface area contributed by atoms with Gasteiger partial charge in [-0.15, -0.1) is 11.3 Å². The van der Waals surface area contributed by atoms with Crippen LogP contribution in [0.2, 0.25) is 0 Å². The summed E-state index contributed by atoms with van der Waals surface area (Å²) in [4.78, 5) is 8.91. The number of benzene rings is 1. The van der Waals surface area contributed by atoms with Crippen molar-refractivity contribution in [3.63, 3.8) is 0 Å². The molecule has 1 aromatic carbocycles. The number of hydrogen-bond acceptors (Lipinski definition) is 4. The van der Waals surface area contributed by atoms with E-state index < -0.39 is 0 Å². The fraction of sp³-hybridized carbons (Fsp3) is 0.500. The maximum atomic E-state index is 5.67. The molecule has 0 radical (unpaired) electrons. The molecule has 0 spiro atoms. The summed E-state index contributed by atoms with van der Waals surface area (Å²) >= 11 is 1.69. The van der Waals surface area contributed by atoms with Crippen LogP contribution in [0.4, 0.5) is 0 Å². The lowest BCUT2D eigenvalue weighted by Crippen LogP contribution is -2.37. The van der Waals surface area contributed by atoms with Gasteiger partial charge in [-0.3, -0.25) is 4.99 Å². The van der Waals surface area contributed by atoms with E-state index in [-0.39, 0.29) is 6.10 Å². The Morgan fingerprint density at radius 1 is 1.15 bits per heavy atom. The van der Waals surface area contributed by atoms with Gasteiger partial charge in [0.15, 0.2) is 5.96 Å². The van der Waals surface area contributed by atoms with Crippen molar-refractivity contribution >= 4 is 17.3 Å². The van der Waals surface area contributed by atoms with Crippen LogP contribution in [0.25, 0.3) is 0 Å². The van der Waals surface area contributed by atoms with E-state index in [1.165, 1.54) is 5.56 Å². The third-order valence-corrected chi connectivity index (χ3v) is 4.66. The van der Waals surface area contributed by atoms with E-state index in [9.17, 15) is 0 Å². The molecule has 2 N–H and O–H groups in total. The van der Waals surface area contributed by atoms with Gasteiger partial charge in [-0.2, -0.15) is 0 Å². The summed E-state index contributed by atoms with van der Waals surface area (Å²) in [6.45, 7) is 9.90. The van der Waals surface area contributed by atoms with Crippen LogP contribution in [0.15, 0.2) is 34.6 Å². The highest BCUT2D eigenvalue weighted by molar-refractivity contribution is 7.09. The zero-order valence-electron chi connectivity index (χ0n) is 16.4. The molecule has 6 heteroatoms. The molecule has 0 bridgehead atoms. The van der Waals surface area contributed by atoms with Gasteiger partial charge >= 0.3 is 0 Å². The van der Waals surface area contributed by atoms with Gasteiger partial charge in [0, 0.05) is 19.0 Å². The van der Waals surface area contributed by atoms with Crippen LogP contribution < -0.4 is 15.4 Å². The summed E-state index contributed by atoms with van der Waals surface area (Å²) in [5, 5.41) is 9.88. The number of guanidine groups is 1. The zero-order chi connectivity index (χ0) is 18.9. The van der Waals surface area contributed by atoms with E-state index in [2.05, 4.69) is 52.0 Å².